The van der Waals surface area contributed by atoms with Gasteiger partial charge in [-0.1, -0.05) is 200 Å². The first-order valence-electron chi connectivity index (χ1n) is 22.0. The Kier molecular flexibility index (Phi) is 8.11. The first-order chi connectivity index (χ1) is 31.2. The Hall–Kier alpha value is -8.00. The van der Waals surface area contributed by atoms with Crippen LogP contribution in [0.2, 0.25) is 0 Å². The number of hydrogen-bond acceptors (Lipinski definition) is 1. The highest BCUT2D eigenvalue weighted by Crippen LogP contribution is 2.50. The van der Waals surface area contributed by atoms with Crippen molar-refractivity contribution in [3.8, 4) is 61.4 Å². The Morgan fingerprint density at radius 2 is 0.762 bits per heavy atom. The van der Waals surface area contributed by atoms with E-state index < -0.39 is 0 Å². The van der Waals surface area contributed by atoms with Crippen LogP contribution in [0.1, 0.15) is 11.5 Å². The molecular weight excluding hydrogens is 761 g/mol. The van der Waals surface area contributed by atoms with Gasteiger partial charge in [0.05, 0.1) is 0 Å². The minimum Gasteiger partial charge on any atom is -0.484 e. The predicted molar refractivity (Wildman–Crippen MR) is 267 cm³/mol. The summed E-state index contributed by atoms with van der Waals surface area (Å²) in [5, 5.41) is 12.3. The maximum Gasteiger partial charge on any atom is 0.132 e. The molecule has 294 valence electrons. The van der Waals surface area contributed by atoms with Crippen molar-refractivity contribution in [3.63, 3.8) is 0 Å². The quantitative estimate of drug-likeness (QED) is 0.158. The summed E-state index contributed by atoms with van der Waals surface area (Å²) in [5.41, 5.74) is 13.4. The van der Waals surface area contributed by atoms with Gasteiger partial charge in [-0.2, -0.15) is 0 Å². The van der Waals surface area contributed by atoms with Crippen molar-refractivity contribution in [1.82, 2.24) is 0 Å². The molecule has 0 aromatic heterocycles. The summed E-state index contributed by atoms with van der Waals surface area (Å²) in [4.78, 5) is 0. The van der Waals surface area contributed by atoms with Gasteiger partial charge >= 0.3 is 0 Å². The zero-order valence-electron chi connectivity index (χ0n) is 34.5. The lowest BCUT2D eigenvalue weighted by Gasteiger charge is -2.20. The molecule has 13 rings (SSSR count). The fourth-order valence-corrected chi connectivity index (χ4v) is 10.5. The summed E-state index contributed by atoms with van der Waals surface area (Å²) >= 11 is 0. The second-order valence-electron chi connectivity index (χ2n) is 17.1. The summed E-state index contributed by atoms with van der Waals surface area (Å²) in [5.74, 6) is 1.20. The van der Waals surface area contributed by atoms with Crippen LogP contribution in [-0.4, -0.2) is 6.10 Å². The molecular formula is C62H40O. The van der Waals surface area contributed by atoms with Crippen molar-refractivity contribution in [1.29, 1.82) is 0 Å². The fourth-order valence-electron chi connectivity index (χ4n) is 10.5. The van der Waals surface area contributed by atoms with Crippen molar-refractivity contribution >= 4 is 53.9 Å². The van der Waals surface area contributed by atoms with Gasteiger partial charge in [0, 0.05) is 16.9 Å². The Morgan fingerprint density at radius 1 is 0.302 bits per heavy atom. The van der Waals surface area contributed by atoms with Gasteiger partial charge in [0.1, 0.15) is 11.9 Å². The van der Waals surface area contributed by atoms with Crippen molar-refractivity contribution in [2.75, 3.05) is 0 Å². The lowest BCUT2D eigenvalue weighted by Crippen LogP contribution is -2.15. The molecule has 2 aliphatic rings. The van der Waals surface area contributed by atoms with Gasteiger partial charge in [-0.05, 0) is 134 Å². The molecule has 1 aliphatic heterocycles. The number of rotatable bonds is 5. The summed E-state index contributed by atoms with van der Waals surface area (Å²) in [6, 6.07) is 76.4. The molecule has 0 radical (unpaired) electrons. The normalized spacial score (nSPS) is 15.3. The average Bonchev–Trinajstić information content (AvgIpc) is 3.74. The van der Waals surface area contributed by atoms with E-state index in [9.17, 15) is 0 Å². The zero-order valence-corrected chi connectivity index (χ0v) is 34.5. The molecule has 0 amide bonds. The molecule has 2 atom stereocenters. The lowest BCUT2D eigenvalue weighted by atomic mass is 9.83. The molecule has 11 aromatic carbocycles. The van der Waals surface area contributed by atoms with Crippen LogP contribution in [-0.2, 0) is 0 Å². The largest absolute Gasteiger partial charge is 0.484 e. The summed E-state index contributed by atoms with van der Waals surface area (Å²) in [6.07, 6.45) is 8.76. The van der Waals surface area contributed by atoms with E-state index in [1.807, 2.05) is 0 Å². The summed E-state index contributed by atoms with van der Waals surface area (Å²) in [7, 11) is 0. The summed E-state index contributed by atoms with van der Waals surface area (Å²) in [6.45, 7) is 0. The number of ether oxygens (including phenoxy) is 1. The second-order valence-corrected chi connectivity index (χ2v) is 17.1. The van der Waals surface area contributed by atoms with Gasteiger partial charge in [0.15, 0.2) is 0 Å². The van der Waals surface area contributed by atoms with E-state index >= 15 is 0 Å². The van der Waals surface area contributed by atoms with Gasteiger partial charge in [-0.15, -0.1) is 0 Å². The molecule has 0 saturated carbocycles. The molecule has 1 heteroatoms. The van der Waals surface area contributed by atoms with Crippen LogP contribution >= 0.6 is 0 Å². The van der Waals surface area contributed by atoms with E-state index in [1.54, 1.807) is 0 Å². The van der Waals surface area contributed by atoms with Gasteiger partial charge in [0.2, 0.25) is 0 Å². The monoisotopic (exact) mass is 800 g/mol. The standard InChI is InChI=1S/C62H40O/c1-3-13-45-35-47(31-25-39(45)11-1)41-21-27-43(28-22-41)60-52-17-6-7-18-53(52)61(44-29-23-42(24-30-44)48-32-26-40-12-2-4-14-46(40)36-48)57-37-49(33-34-54(57)60)56-38-58-51-16-9-10-20-59(51)63-62(58)55-19-8-5-15-50(55)56/h1-38,51,59H. The molecule has 1 heterocycles. The predicted octanol–water partition coefficient (Wildman–Crippen LogP) is 16.8. The van der Waals surface area contributed by atoms with Gasteiger partial charge < -0.3 is 4.74 Å². The summed E-state index contributed by atoms with van der Waals surface area (Å²) < 4.78 is 6.66. The molecule has 0 fully saturated rings. The average molecular weight is 801 g/mol. The van der Waals surface area contributed by atoms with Crippen LogP contribution in [0.15, 0.2) is 231 Å². The third-order valence-corrected chi connectivity index (χ3v) is 13.6. The minimum absolute atomic E-state index is 0.0194. The van der Waals surface area contributed by atoms with Crippen LogP contribution in [0.3, 0.4) is 0 Å². The lowest BCUT2D eigenvalue weighted by molar-refractivity contribution is 0.271. The Bertz CT molecular complexity index is 3700. The van der Waals surface area contributed by atoms with Crippen molar-refractivity contribution in [3.05, 3.63) is 236 Å². The van der Waals surface area contributed by atoms with Crippen molar-refractivity contribution < 1.29 is 4.74 Å². The molecule has 0 saturated heterocycles. The number of hydrogen-bond donors (Lipinski definition) is 0. The van der Waals surface area contributed by atoms with E-state index in [4.69, 9.17) is 4.74 Å². The van der Waals surface area contributed by atoms with Crippen molar-refractivity contribution in [2.24, 2.45) is 0 Å². The minimum atomic E-state index is 0.0194. The molecule has 1 aliphatic carbocycles. The highest BCUT2D eigenvalue weighted by atomic mass is 16.5. The van der Waals surface area contributed by atoms with E-state index in [2.05, 4.69) is 231 Å². The van der Waals surface area contributed by atoms with E-state index in [-0.39, 0.29) is 12.0 Å². The molecule has 0 spiro atoms. The molecule has 0 bridgehead atoms. The highest BCUT2D eigenvalue weighted by molar-refractivity contribution is 6.22. The molecule has 0 N–H and O–H groups in total. The van der Waals surface area contributed by atoms with Gasteiger partial charge in [0.25, 0.3) is 0 Å². The van der Waals surface area contributed by atoms with Crippen LogP contribution in [0.4, 0.5) is 0 Å². The van der Waals surface area contributed by atoms with E-state index in [0.717, 1.165) is 11.1 Å². The van der Waals surface area contributed by atoms with Crippen LogP contribution < -0.4 is 4.74 Å². The Morgan fingerprint density at radius 3 is 1.38 bits per heavy atom. The first kappa shape index (κ1) is 35.7. The van der Waals surface area contributed by atoms with Gasteiger partial charge in [-0.25, -0.2) is 0 Å². The van der Waals surface area contributed by atoms with Crippen LogP contribution in [0.25, 0.3) is 109 Å². The molecule has 2 unspecified atom stereocenters. The number of allylic oxidation sites excluding steroid dienone is 2. The molecule has 63 heavy (non-hydrogen) atoms. The third kappa shape index (κ3) is 5.85. The smallest absolute Gasteiger partial charge is 0.132 e. The third-order valence-electron chi connectivity index (χ3n) is 13.6. The zero-order chi connectivity index (χ0) is 41.4. The number of benzene rings is 11. The topological polar surface area (TPSA) is 9.23 Å². The Labute approximate surface area is 366 Å². The van der Waals surface area contributed by atoms with E-state index in [1.165, 1.54) is 110 Å². The molecule has 1 nitrogen and oxygen atoms in total. The fraction of sp³-hybridized carbons (Fsp3) is 0.0323. The SMILES string of the molecule is C1=CC2Oc3c(cc(-c4ccc5c(-c6ccc(-c7ccc8ccccc8c7)cc6)c6ccccc6c(-c6ccc(-c7ccc8ccccc8c7)cc6)c5c4)c4ccccc34)C2C=C1. The second kappa shape index (κ2) is 14.3. The van der Waals surface area contributed by atoms with E-state index in [0.29, 0.717) is 0 Å². The maximum absolute atomic E-state index is 6.66. The van der Waals surface area contributed by atoms with Crippen LogP contribution in [0.5, 0.6) is 5.75 Å². The maximum atomic E-state index is 6.66. The Balaban J connectivity index is 1.02. The molecule has 11 aromatic rings. The van der Waals surface area contributed by atoms with Crippen molar-refractivity contribution in [2.45, 2.75) is 12.0 Å². The number of fused-ring (bicyclic) bond motifs is 9. The van der Waals surface area contributed by atoms with Crippen LogP contribution in [0, 0.1) is 0 Å². The van der Waals surface area contributed by atoms with Gasteiger partial charge in [-0.3, -0.25) is 0 Å². The highest BCUT2D eigenvalue weighted by Gasteiger charge is 2.34. The first-order valence-corrected chi connectivity index (χ1v) is 22.0.